The monoisotopic (exact) mass is 233 g/mol. The summed E-state index contributed by atoms with van der Waals surface area (Å²) in [6.07, 6.45) is 1.43. The first-order valence-electron chi connectivity index (χ1n) is 5.95. The molecule has 2 aliphatic heterocycles. The van der Waals surface area contributed by atoms with Crippen LogP contribution in [0.2, 0.25) is 0 Å². The molecule has 1 aromatic carbocycles. The van der Waals surface area contributed by atoms with Gasteiger partial charge in [-0.15, -0.1) is 0 Å². The molecule has 0 saturated carbocycles. The first-order chi connectivity index (χ1) is 8.33. The Morgan fingerprint density at radius 3 is 3.06 bits per heavy atom. The Balaban J connectivity index is 1.74. The predicted molar refractivity (Wildman–Crippen MR) is 62.3 cm³/mol. The minimum absolute atomic E-state index is 0.101. The third kappa shape index (κ3) is 2.13. The van der Waals surface area contributed by atoms with Crippen molar-refractivity contribution in [3.8, 4) is 11.5 Å². The van der Waals surface area contributed by atoms with Crippen molar-refractivity contribution in [2.75, 3.05) is 19.9 Å². The highest BCUT2D eigenvalue weighted by atomic mass is 16.7. The van der Waals surface area contributed by atoms with Gasteiger partial charge in [0.1, 0.15) is 5.78 Å². The number of hydrogen-bond acceptors (Lipinski definition) is 4. The van der Waals surface area contributed by atoms with E-state index in [0.29, 0.717) is 19.0 Å². The van der Waals surface area contributed by atoms with Crippen molar-refractivity contribution in [3.05, 3.63) is 23.8 Å². The molecular weight excluding hydrogens is 218 g/mol. The fraction of sp³-hybridized carbons (Fsp3) is 0.462. The van der Waals surface area contributed by atoms with Gasteiger partial charge in [-0.25, -0.2) is 0 Å². The van der Waals surface area contributed by atoms with E-state index in [1.165, 1.54) is 0 Å². The fourth-order valence-corrected chi connectivity index (χ4v) is 2.34. The van der Waals surface area contributed by atoms with E-state index >= 15 is 0 Å². The number of fused-ring (bicyclic) bond motifs is 1. The molecule has 1 atom stereocenters. The first-order valence-corrected chi connectivity index (χ1v) is 5.95. The largest absolute Gasteiger partial charge is 0.454 e. The lowest BCUT2D eigenvalue weighted by Gasteiger charge is -2.21. The molecular formula is C13H15NO3. The van der Waals surface area contributed by atoms with Gasteiger partial charge in [0, 0.05) is 25.4 Å². The minimum Gasteiger partial charge on any atom is -0.454 e. The Morgan fingerprint density at radius 2 is 2.18 bits per heavy atom. The molecule has 4 nitrogen and oxygen atoms in total. The zero-order valence-electron chi connectivity index (χ0n) is 9.57. The highest BCUT2D eigenvalue weighted by Crippen LogP contribution is 2.33. The maximum atomic E-state index is 11.7. The number of piperidine rings is 1. The van der Waals surface area contributed by atoms with Crippen LogP contribution in [-0.2, 0) is 11.2 Å². The zero-order valence-corrected chi connectivity index (χ0v) is 9.57. The molecule has 90 valence electrons. The normalized spacial score (nSPS) is 22.8. The summed E-state index contributed by atoms with van der Waals surface area (Å²) >= 11 is 0. The Hall–Kier alpha value is -1.55. The maximum absolute atomic E-state index is 11.7. The number of benzene rings is 1. The van der Waals surface area contributed by atoms with Crippen molar-refractivity contribution in [3.63, 3.8) is 0 Å². The summed E-state index contributed by atoms with van der Waals surface area (Å²) in [5.41, 5.74) is 1.14. The van der Waals surface area contributed by atoms with Gasteiger partial charge in [-0.3, -0.25) is 4.79 Å². The molecule has 0 radical (unpaired) electrons. The third-order valence-corrected chi connectivity index (χ3v) is 3.31. The molecule has 1 fully saturated rings. The van der Waals surface area contributed by atoms with Gasteiger partial charge in [0.2, 0.25) is 6.79 Å². The van der Waals surface area contributed by atoms with Gasteiger partial charge in [0.25, 0.3) is 0 Å². The Morgan fingerprint density at radius 1 is 1.29 bits per heavy atom. The summed E-state index contributed by atoms with van der Waals surface area (Å²) in [6, 6.07) is 5.90. The average molecular weight is 233 g/mol. The highest BCUT2D eigenvalue weighted by Gasteiger charge is 2.23. The van der Waals surface area contributed by atoms with Crippen LogP contribution in [0.3, 0.4) is 0 Å². The number of Topliss-reactive ketones (excluding diaryl/α,β-unsaturated/α-hetero) is 1. The van der Waals surface area contributed by atoms with E-state index in [1.54, 1.807) is 0 Å². The van der Waals surface area contributed by atoms with Gasteiger partial charge in [-0.1, -0.05) is 6.07 Å². The molecule has 0 amide bonds. The van der Waals surface area contributed by atoms with Crippen molar-refractivity contribution in [1.82, 2.24) is 5.32 Å². The number of ketones is 1. The number of rotatable bonds is 2. The number of nitrogens with one attached hydrogen (secondary N) is 1. The van der Waals surface area contributed by atoms with E-state index in [1.807, 2.05) is 18.2 Å². The van der Waals surface area contributed by atoms with Crippen LogP contribution in [0, 0.1) is 5.92 Å². The van der Waals surface area contributed by atoms with Crippen molar-refractivity contribution in [2.45, 2.75) is 12.8 Å². The molecule has 17 heavy (non-hydrogen) atoms. The summed E-state index contributed by atoms with van der Waals surface area (Å²) in [6.45, 7) is 1.90. The van der Waals surface area contributed by atoms with Crippen molar-refractivity contribution in [1.29, 1.82) is 0 Å². The van der Waals surface area contributed by atoms with Crippen LogP contribution in [0.5, 0.6) is 11.5 Å². The Bertz CT molecular complexity index is 444. The van der Waals surface area contributed by atoms with Crippen LogP contribution < -0.4 is 14.8 Å². The van der Waals surface area contributed by atoms with Crippen LogP contribution in [0.4, 0.5) is 0 Å². The Kier molecular flexibility index (Phi) is 2.73. The van der Waals surface area contributed by atoms with E-state index in [0.717, 1.165) is 36.6 Å². The molecule has 0 bridgehead atoms. The molecule has 1 N–H and O–H groups in total. The van der Waals surface area contributed by atoms with Crippen molar-refractivity contribution < 1.29 is 14.3 Å². The smallest absolute Gasteiger partial charge is 0.231 e. The van der Waals surface area contributed by atoms with Gasteiger partial charge in [0.15, 0.2) is 11.5 Å². The lowest BCUT2D eigenvalue weighted by Crippen LogP contribution is -2.37. The van der Waals surface area contributed by atoms with E-state index in [4.69, 9.17) is 9.47 Å². The topological polar surface area (TPSA) is 47.6 Å². The molecule has 1 saturated heterocycles. The molecule has 0 spiro atoms. The first kappa shape index (κ1) is 10.6. The quantitative estimate of drug-likeness (QED) is 0.832. The van der Waals surface area contributed by atoms with Gasteiger partial charge in [0.05, 0.1) is 0 Å². The molecule has 1 unspecified atom stereocenters. The molecule has 2 heterocycles. The molecule has 0 aliphatic carbocycles. The van der Waals surface area contributed by atoms with Crippen molar-refractivity contribution >= 4 is 5.78 Å². The summed E-state index contributed by atoms with van der Waals surface area (Å²) in [7, 11) is 0. The standard InChI is InChI=1S/C13H15NO3/c15-11-3-4-14-7-10(11)5-9-1-2-12-13(6-9)17-8-16-12/h1-2,6,10,14H,3-5,7-8H2. The number of carbonyl (C=O) groups excluding carboxylic acids is 1. The average Bonchev–Trinajstić information content (AvgIpc) is 2.79. The molecule has 4 heteroatoms. The molecule has 3 rings (SSSR count). The molecule has 2 aliphatic rings. The number of hydrogen-bond donors (Lipinski definition) is 1. The predicted octanol–water partition coefficient (Wildman–Crippen LogP) is 1.14. The number of ether oxygens (including phenoxy) is 2. The van der Waals surface area contributed by atoms with Crippen LogP contribution >= 0.6 is 0 Å². The minimum atomic E-state index is 0.101. The van der Waals surface area contributed by atoms with Gasteiger partial charge in [-0.2, -0.15) is 0 Å². The highest BCUT2D eigenvalue weighted by molar-refractivity contribution is 5.82. The summed E-state index contributed by atoms with van der Waals surface area (Å²) < 4.78 is 10.6. The number of carbonyl (C=O) groups is 1. The van der Waals surface area contributed by atoms with Gasteiger partial charge in [-0.05, 0) is 24.1 Å². The molecule has 1 aromatic rings. The lowest BCUT2D eigenvalue weighted by atomic mass is 9.91. The fourth-order valence-electron chi connectivity index (χ4n) is 2.34. The van der Waals surface area contributed by atoms with Crippen LogP contribution in [0.15, 0.2) is 18.2 Å². The van der Waals surface area contributed by atoms with Crippen molar-refractivity contribution in [2.24, 2.45) is 5.92 Å². The summed E-state index contributed by atoms with van der Waals surface area (Å²) in [5, 5.41) is 3.26. The van der Waals surface area contributed by atoms with Gasteiger partial charge >= 0.3 is 0 Å². The van der Waals surface area contributed by atoms with Crippen LogP contribution in [0.25, 0.3) is 0 Å². The summed E-state index contributed by atoms with van der Waals surface area (Å²) in [5.74, 6) is 2.05. The van der Waals surface area contributed by atoms with Gasteiger partial charge < -0.3 is 14.8 Å². The zero-order chi connectivity index (χ0) is 11.7. The second-order valence-corrected chi connectivity index (χ2v) is 4.51. The summed E-state index contributed by atoms with van der Waals surface area (Å²) in [4.78, 5) is 11.7. The molecule has 0 aromatic heterocycles. The maximum Gasteiger partial charge on any atom is 0.231 e. The van der Waals surface area contributed by atoms with Crippen LogP contribution in [0.1, 0.15) is 12.0 Å². The third-order valence-electron chi connectivity index (χ3n) is 3.31. The second kappa shape index (κ2) is 4.37. The van der Waals surface area contributed by atoms with E-state index in [-0.39, 0.29) is 5.92 Å². The van der Waals surface area contributed by atoms with E-state index < -0.39 is 0 Å². The second-order valence-electron chi connectivity index (χ2n) is 4.51. The lowest BCUT2D eigenvalue weighted by molar-refractivity contribution is -0.123. The van der Waals surface area contributed by atoms with Crippen LogP contribution in [-0.4, -0.2) is 25.7 Å². The van der Waals surface area contributed by atoms with E-state index in [2.05, 4.69) is 5.32 Å². The SMILES string of the molecule is O=C1CCNCC1Cc1ccc2c(c1)OCO2. The van der Waals surface area contributed by atoms with E-state index in [9.17, 15) is 4.79 Å². The Labute approximate surface area is 99.9 Å².